The van der Waals surface area contributed by atoms with Crippen molar-refractivity contribution >= 4 is 5.91 Å². The highest BCUT2D eigenvalue weighted by Gasteiger charge is 2.29. The fourth-order valence-electron chi connectivity index (χ4n) is 2.25. The Kier molecular flexibility index (Phi) is 3.98. The Hall–Kier alpha value is -2.19. The minimum absolute atomic E-state index is 0.224. The van der Waals surface area contributed by atoms with Gasteiger partial charge in [-0.3, -0.25) is 19.8 Å². The van der Waals surface area contributed by atoms with Gasteiger partial charge in [0, 0.05) is 12.6 Å². The topological polar surface area (TPSA) is 102 Å². The van der Waals surface area contributed by atoms with Crippen LogP contribution >= 0.6 is 0 Å². The van der Waals surface area contributed by atoms with Gasteiger partial charge in [-0.25, -0.2) is 5.84 Å². The number of hydrogen-bond donors (Lipinski definition) is 2. The molecule has 2 aromatic heterocycles. The first-order chi connectivity index (χ1) is 10.3. The zero-order chi connectivity index (χ0) is 14.7. The molecule has 1 aliphatic carbocycles. The molecule has 0 atom stereocenters. The van der Waals surface area contributed by atoms with Crippen molar-refractivity contribution in [3.63, 3.8) is 0 Å². The summed E-state index contributed by atoms with van der Waals surface area (Å²) >= 11 is 0. The number of hydrogen-bond acceptors (Lipinski definition) is 6. The minimum atomic E-state index is -0.434. The van der Waals surface area contributed by atoms with E-state index in [0.29, 0.717) is 12.6 Å². The maximum atomic E-state index is 11.3. The lowest BCUT2D eigenvalue weighted by atomic mass is 10.3. The van der Waals surface area contributed by atoms with Gasteiger partial charge in [-0.1, -0.05) is 5.21 Å². The molecule has 8 heteroatoms. The molecule has 3 rings (SSSR count). The van der Waals surface area contributed by atoms with Crippen LogP contribution in [0.25, 0.3) is 0 Å². The van der Waals surface area contributed by atoms with Crippen molar-refractivity contribution < 1.29 is 9.21 Å². The van der Waals surface area contributed by atoms with E-state index in [2.05, 4.69) is 15.2 Å². The van der Waals surface area contributed by atoms with E-state index in [0.717, 1.165) is 18.8 Å². The van der Waals surface area contributed by atoms with Crippen LogP contribution in [0.15, 0.2) is 29.0 Å². The molecule has 112 valence electrons. The number of amides is 1. The number of carbonyl (C=O) groups is 1. The van der Waals surface area contributed by atoms with Crippen molar-refractivity contribution in [2.45, 2.75) is 32.0 Å². The van der Waals surface area contributed by atoms with Crippen LogP contribution in [-0.2, 0) is 13.1 Å². The molecule has 0 aromatic carbocycles. The van der Waals surface area contributed by atoms with Gasteiger partial charge < -0.3 is 4.42 Å². The van der Waals surface area contributed by atoms with E-state index in [1.165, 1.54) is 12.8 Å². The Balaban J connectivity index is 1.56. The second kappa shape index (κ2) is 6.06. The molecular formula is C13H18N6O2. The molecular weight excluding hydrogens is 272 g/mol. The monoisotopic (exact) mass is 290 g/mol. The smallest absolute Gasteiger partial charge is 0.287 e. The summed E-state index contributed by atoms with van der Waals surface area (Å²) in [5, 5.41) is 7.72. The minimum Gasteiger partial charge on any atom is -0.468 e. The van der Waals surface area contributed by atoms with E-state index in [-0.39, 0.29) is 5.69 Å². The molecule has 1 amide bonds. The Morgan fingerprint density at radius 3 is 3.10 bits per heavy atom. The predicted octanol–water partition coefficient (Wildman–Crippen LogP) is 0.139. The summed E-state index contributed by atoms with van der Waals surface area (Å²) in [4.78, 5) is 13.7. The summed E-state index contributed by atoms with van der Waals surface area (Å²) in [7, 11) is 0. The molecule has 2 heterocycles. The molecule has 3 N–H and O–H groups in total. The van der Waals surface area contributed by atoms with Crippen LogP contribution in [0.1, 0.15) is 29.1 Å². The standard InChI is InChI=1S/C13H18N6O2/c14-15-13(20)12-9-19(17-16-12)6-5-18(10-3-4-10)8-11-2-1-7-21-11/h1-2,7,9-10H,3-6,8,14H2,(H,15,20). The first kappa shape index (κ1) is 13.8. The van der Waals surface area contributed by atoms with Gasteiger partial charge in [-0.15, -0.1) is 5.10 Å². The SMILES string of the molecule is NNC(=O)c1cn(CCN(Cc2ccco2)C2CC2)nn1. The summed E-state index contributed by atoms with van der Waals surface area (Å²) in [5.74, 6) is 5.59. The molecule has 0 unspecified atom stereocenters. The van der Waals surface area contributed by atoms with Crippen molar-refractivity contribution in [2.75, 3.05) is 6.54 Å². The molecule has 2 aromatic rings. The van der Waals surface area contributed by atoms with Crippen molar-refractivity contribution in [1.82, 2.24) is 25.3 Å². The number of nitrogens with one attached hydrogen (secondary N) is 1. The van der Waals surface area contributed by atoms with Crippen LogP contribution in [0.3, 0.4) is 0 Å². The lowest BCUT2D eigenvalue weighted by Gasteiger charge is -2.20. The number of nitrogen functional groups attached to an aromatic ring is 1. The van der Waals surface area contributed by atoms with Gasteiger partial charge in [0.25, 0.3) is 5.91 Å². The van der Waals surface area contributed by atoms with Crippen molar-refractivity contribution in [3.05, 3.63) is 36.0 Å². The van der Waals surface area contributed by atoms with Crippen molar-refractivity contribution in [2.24, 2.45) is 5.84 Å². The number of nitrogens with two attached hydrogens (primary N) is 1. The van der Waals surface area contributed by atoms with Crippen LogP contribution in [0.5, 0.6) is 0 Å². The molecule has 0 spiro atoms. The zero-order valence-corrected chi connectivity index (χ0v) is 11.6. The second-order valence-electron chi connectivity index (χ2n) is 5.12. The van der Waals surface area contributed by atoms with Gasteiger partial charge in [0.2, 0.25) is 0 Å². The van der Waals surface area contributed by atoms with Gasteiger partial charge in [-0.05, 0) is 25.0 Å². The molecule has 0 aliphatic heterocycles. The average molecular weight is 290 g/mol. The van der Waals surface area contributed by atoms with Crippen LogP contribution in [0.4, 0.5) is 0 Å². The van der Waals surface area contributed by atoms with Crippen molar-refractivity contribution in [3.8, 4) is 0 Å². The molecule has 0 radical (unpaired) electrons. The maximum Gasteiger partial charge on any atom is 0.287 e. The third kappa shape index (κ3) is 3.47. The molecule has 1 fully saturated rings. The highest BCUT2D eigenvalue weighted by atomic mass is 16.3. The van der Waals surface area contributed by atoms with Crippen LogP contribution in [0.2, 0.25) is 0 Å². The summed E-state index contributed by atoms with van der Waals surface area (Å²) in [6.45, 7) is 2.29. The molecule has 21 heavy (non-hydrogen) atoms. The third-order valence-electron chi connectivity index (χ3n) is 3.52. The van der Waals surface area contributed by atoms with Gasteiger partial charge in [0.1, 0.15) is 5.76 Å². The van der Waals surface area contributed by atoms with Gasteiger partial charge in [0.05, 0.1) is 25.5 Å². The van der Waals surface area contributed by atoms with E-state index in [9.17, 15) is 4.79 Å². The van der Waals surface area contributed by atoms with E-state index in [1.807, 2.05) is 17.6 Å². The summed E-state index contributed by atoms with van der Waals surface area (Å²) < 4.78 is 7.06. The lowest BCUT2D eigenvalue weighted by molar-refractivity contribution is 0.0948. The summed E-state index contributed by atoms with van der Waals surface area (Å²) in [6, 6.07) is 4.50. The van der Waals surface area contributed by atoms with Crippen molar-refractivity contribution in [1.29, 1.82) is 0 Å². The molecule has 0 bridgehead atoms. The van der Waals surface area contributed by atoms with E-state index in [1.54, 1.807) is 17.1 Å². The molecule has 0 saturated heterocycles. The van der Waals surface area contributed by atoms with Crippen LogP contribution < -0.4 is 11.3 Å². The molecule has 8 nitrogen and oxygen atoms in total. The maximum absolute atomic E-state index is 11.3. The van der Waals surface area contributed by atoms with E-state index in [4.69, 9.17) is 10.3 Å². The van der Waals surface area contributed by atoms with Gasteiger partial charge >= 0.3 is 0 Å². The van der Waals surface area contributed by atoms with E-state index < -0.39 is 5.91 Å². The molecule has 1 saturated carbocycles. The largest absolute Gasteiger partial charge is 0.468 e. The number of aromatic nitrogens is 3. The first-order valence-corrected chi connectivity index (χ1v) is 6.94. The van der Waals surface area contributed by atoms with E-state index >= 15 is 0 Å². The third-order valence-corrected chi connectivity index (χ3v) is 3.52. The number of carbonyl (C=O) groups excluding carboxylic acids is 1. The number of furan rings is 1. The number of nitrogens with zero attached hydrogens (tertiary/aromatic N) is 4. The van der Waals surface area contributed by atoms with Gasteiger partial charge in [-0.2, -0.15) is 0 Å². The van der Waals surface area contributed by atoms with Crippen LogP contribution in [0, 0.1) is 0 Å². The Morgan fingerprint density at radius 2 is 2.43 bits per heavy atom. The average Bonchev–Trinajstić information content (AvgIpc) is 3.02. The summed E-state index contributed by atoms with van der Waals surface area (Å²) in [6.07, 6.45) is 5.73. The zero-order valence-electron chi connectivity index (χ0n) is 11.6. The Morgan fingerprint density at radius 1 is 1.57 bits per heavy atom. The normalized spacial score (nSPS) is 14.6. The molecule has 1 aliphatic rings. The number of rotatable bonds is 7. The summed E-state index contributed by atoms with van der Waals surface area (Å²) in [5.41, 5.74) is 2.26. The predicted molar refractivity (Wildman–Crippen MR) is 73.8 cm³/mol. The lowest BCUT2D eigenvalue weighted by Crippen LogP contribution is -2.30. The Bertz CT molecular complexity index is 590. The number of hydrazine groups is 1. The quantitative estimate of drug-likeness (QED) is 0.427. The fraction of sp³-hybridized carbons (Fsp3) is 0.462. The fourth-order valence-corrected chi connectivity index (χ4v) is 2.25. The second-order valence-corrected chi connectivity index (χ2v) is 5.12. The highest BCUT2D eigenvalue weighted by Crippen LogP contribution is 2.28. The Labute approximate surface area is 121 Å². The van der Waals surface area contributed by atoms with Gasteiger partial charge in [0.15, 0.2) is 5.69 Å². The first-order valence-electron chi connectivity index (χ1n) is 6.94. The van der Waals surface area contributed by atoms with Crippen LogP contribution in [-0.4, -0.2) is 38.4 Å². The highest BCUT2D eigenvalue weighted by molar-refractivity contribution is 5.91.